The molecular weight excluding hydrogens is 329 g/mol. The van der Waals surface area contributed by atoms with E-state index < -0.39 is 29.3 Å². The van der Waals surface area contributed by atoms with Gasteiger partial charge in [-0.2, -0.15) is 0 Å². The summed E-state index contributed by atoms with van der Waals surface area (Å²) in [5.74, 6) is -2.34. The second-order valence-corrected chi connectivity index (χ2v) is 5.51. The Kier molecular flexibility index (Phi) is 4.67. The molecule has 1 aliphatic rings. The van der Waals surface area contributed by atoms with E-state index in [9.17, 15) is 19.1 Å². The van der Waals surface area contributed by atoms with Crippen LogP contribution in [0.4, 0.5) is 4.39 Å². The van der Waals surface area contributed by atoms with Gasteiger partial charge in [0.05, 0.1) is 24.5 Å². The van der Waals surface area contributed by atoms with Gasteiger partial charge in [0.25, 0.3) is 5.91 Å². The number of carbonyl (C=O) groups is 2. The van der Waals surface area contributed by atoms with Crippen LogP contribution in [-0.2, 0) is 9.53 Å². The number of aliphatic hydroxyl groups is 1. The lowest BCUT2D eigenvalue weighted by Crippen LogP contribution is -2.34. The van der Waals surface area contributed by atoms with E-state index >= 15 is 0 Å². The van der Waals surface area contributed by atoms with Crippen LogP contribution in [0.1, 0.15) is 22.2 Å². The summed E-state index contributed by atoms with van der Waals surface area (Å²) in [6.45, 7) is 0.384. The molecule has 0 bridgehead atoms. The first kappa shape index (κ1) is 16.9. The molecule has 3 rings (SSSR count). The van der Waals surface area contributed by atoms with E-state index in [2.05, 4.69) is 0 Å². The number of amides is 1. The zero-order chi connectivity index (χ0) is 18.0. The molecule has 1 amide bonds. The predicted octanol–water partition coefficient (Wildman–Crippen LogP) is 2.64. The average molecular weight is 345 g/mol. The number of Topliss-reactive ketones (excluding diaryl/α,β-unsaturated/α-hetero) is 1. The van der Waals surface area contributed by atoms with Crippen molar-refractivity contribution in [3.63, 3.8) is 0 Å². The molecule has 0 fully saturated rings. The molecule has 1 aliphatic heterocycles. The van der Waals surface area contributed by atoms with Crippen LogP contribution in [0.2, 0.25) is 0 Å². The van der Waals surface area contributed by atoms with E-state index in [-0.39, 0.29) is 24.5 Å². The van der Waals surface area contributed by atoms with Gasteiger partial charge in [-0.15, -0.1) is 0 Å². The fourth-order valence-electron chi connectivity index (χ4n) is 2.84. The Bertz CT molecular complexity index is 811. The lowest BCUT2D eigenvalue weighted by Gasteiger charge is -2.26. The minimum atomic E-state index is -0.846. The monoisotopic (exact) mass is 345 g/mol. The number of methoxy groups -OCH3 is 1. The maximum atomic E-state index is 13.3. The minimum absolute atomic E-state index is 0.00931. The molecule has 25 heavy (non-hydrogen) atoms. The molecule has 1 atom stereocenters. The van der Waals surface area contributed by atoms with Gasteiger partial charge in [-0.25, -0.2) is 4.39 Å². The quantitative estimate of drug-likeness (QED) is 0.814. The molecule has 0 saturated carbocycles. The smallest absolute Gasteiger partial charge is 0.290 e. The summed E-state index contributed by atoms with van der Waals surface area (Å²) in [4.78, 5) is 26.5. The molecule has 0 saturated heterocycles. The maximum absolute atomic E-state index is 13.3. The lowest BCUT2D eigenvalue weighted by molar-refractivity contribution is -0.130. The van der Waals surface area contributed by atoms with Crippen LogP contribution >= 0.6 is 0 Å². The number of rotatable bonds is 6. The van der Waals surface area contributed by atoms with Gasteiger partial charge >= 0.3 is 0 Å². The summed E-state index contributed by atoms with van der Waals surface area (Å²) in [6, 6.07) is 7.56. The first-order chi connectivity index (χ1) is 12.0. The van der Waals surface area contributed by atoms with Crippen LogP contribution in [0, 0.1) is 5.82 Å². The number of nitrogens with zero attached hydrogens (tertiary/aromatic N) is 1. The number of halogens is 1. The standard InChI is InChI=1S/C18H16FNO5/c1-24-10-8-20-15(11-4-6-12(19)7-5-11)14(17(22)18(20)23)16(21)13-3-2-9-25-13/h2-7,9,15,22H,8,10H2,1H3/t15-/m1/s1. The molecule has 1 aromatic carbocycles. The van der Waals surface area contributed by atoms with Crippen LogP contribution in [0.5, 0.6) is 0 Å². The Balaban J connectivity index is 2.06. The summed E-state index contributed by atoms with van der Waals surface area (Å²) in [5.41, 5.74) is 0.410. The predicted molar refractivity (Wildman–Crippen MR) is 85.4 cm³/mol. The topological polar surface area (TPSA) is 80.0 Å². The first-order valence-corrected chi connectivity index (χ1v) is 7.61. The summed E-state index contributed by atoms with van der Waals surface area (Å²) >= 11 is 0. The van der Waals surface area contributed by atoms with Gasteiger partial charge in [-0.1, -0.05) is 12.1 Å². The van der Waals surface area contributed by atoms with Gasteiger partial charge in [0.2, 0.25) is 5.78 Å². The molecule has 1 N–H and O–H groups in total. The zero-order valence-corrected chi connectivity index (χ0v) is 13.4. The van der Waals surface area contributed by atoms with E-state index in [1.54, 1.807) is 0 Å². The van der Waals surface area contributed by atoms with Crippen molar-refractivity contribution in [2.45, 2.75) is 6.04 Å². The van der Waals surface area contributed by atoms with Crippen molar-refractivity contribution < 1.29 is 28.2 Å². The highest BCUT2D eigenvalue weighted by atomic mass is 19.1. The van der Waals surface area contributed by atoms with Crippen molar-refractivity contribution in [2.75, 3.05) is 20.3 Å². The van der Waals surface area contributed by atoms with E-state index in [0.29, 0.717) is 5.56 Å². The normalized spacial score (nSPS) is 17.4. The highest BCUT2D eigenvalue weighted by Gasteiger charge is 2.44. The highest BCUT2D eigenvalue weighted by Crippen LogP contribution is 2.38. The number of benzene rings is 1. The Labute approximate surface area is 143 Å². The second-order valence-electron chi connectivity index (χ2n) is 5.51. The van der Waals surface area contributed by atoms with E-state index in [1.165, 1.54) is 54.7 Å². The van der Waals surface area contributed by atoms with Crippen molar-refractivity contribution in [1.29, 1.82) is 0 Å². The van der Waals surface area contributed by atoms with Gasteiger partial charge in [0.1, 0.15) is 5.82 Å². The highest BCUT2D eigenvalue weighted by molar-refractivity contribution is 6.14. The van der Waals surface area contributed by atoms with E-state index in [4.69, 9.17) is 9.15 Å². The second kappa shape index (κ2) is 6.90. The molecule has 0 radical (unpaired) electrons. The van der Waals surface area contributed by atoms with Gasteiger partial charge in [0, 0.05) is 13.7 Å². The zero-order valence-electron chi connectivity index (χ0n) is 13.4. The number of hydrogen-bond donors (Lipinski definition) is 1. The largest absolute Gasteiger partial charge is 0.503 e. The third-order valence-electron chi connectivity index (χ3n) is 4.02. The van der Waals surface area contributed by atoms with Crippen molar-refractivity contribution in [3.05, 3.63) is 71.1 Å². The summed E-state index contributed by atoms with van der Waals surface area (Å²) in [7, 11) is 1.48. The molecule has 2 heterocycles. The number of furan rings is 1. The number of carbonyl (C=O) groups excluding carboxylic acids is 2. The van der Waals surface area contributed by atoms with Crippen molar-refractivity contribution in [1.82, 2.24) is 4.90 Å². The van der Waals surface area contributed by atoms with Crippen molar-refractivity contribution in [3.8, 4) is 0 Å². The molecule has 0 aliphatic carbocycles. The van der Waals surface area contributed by atoms with Gasteiger partial charge in [0.15, 0.2) is 11.5 Å². The Morgan fingerprint density at radius 3 is 2.64 bits per heavy atom. The van der Waals surface area contributed by atoms with E-state index in [0.717, 1.165) is 0 Å². The number of ketones is 1. The molecule has 2 aromatic rings. The molecule has 6 nitrogen and oxygen atoms in total. The fraction of sp³-hybridized carbons (Fsp3) is 0.222. The molecule has 1 aromatic heterocycles. The molecule has 130 valence electrons. The first-order valence-electron chi connectivity index (χ1n) is 7.61. The lowest BCUT2D eigenvalue weighted by atomic mass is 9.95. The van der Waals surface area contributed by atoms with Gasteiger partial charge < -0.3 is 19.2 Å². The average Bonchev–Trinajstić information content (AvgIpc) is 3.22. The van der Waals surface area contributed by atoms with Crippen LogP contribution in [0.15, 0.2) is 58.4 Å². The van der Waals surface area contributed by atoms with Crippen molar-refractivity contribution in [2.24, 2.45) is 0 Å². The van der Waals surface area contributed by atoms with Gasteiger partial charge in [-0.05, 0) is 29.8 Å². The van der Waals surface area contributed by atoms with Crippen molar-refractivity contribution >= 4 is 11.7 Å². The Morgan fingerprint density at radius 1 is 1.32 bits per heavy atom. The maximum Gasteiger partial charge on any atom is 0.290 e. The third kappa shape index (κ3) is 3.06. The molecule has 7 heteroatoms. The third-order valence-corrected chi connectivity index (χ3v) is 4.02. The SMILES string of the molecule is COCCN1C(=O)C(O)=C(C(=O)c2ccco2)[C@H]1c1ccc(F)cc1. The van der Waals surface area contributed by atoms with Crippen LogP contribution in [0.3, 0.4) is 0 Å². The summed E-state index contributed by atoms with van der Waals surface area (Å²) in [5, 5.41) is 10.3. The number of hydrogen-bond acceptors (Lipinski definition) is 5. The number of ether oxygens (including phenoxy) is 1. The molecule has 0 spiro atoms. The van der Waals surface area contributed by atoms with Crippen LogP contribution in [-0.4, -0.2) is 42.0 Å². The Hall–Kier alpha value is -2.93. The Morgan fingerprint density at radius 2 is 2.04 bits per heavy atom. The van der Waals surface area contributed by atoms with Crippen LogP contribution < -0.4 is 0 Å². The minimum Gasteiger partial charge on any atom is -0.503 e. The number of aliphatic hydroxyl groups excluding tert-OH is 1. The molecular formula is C18H16FNO5. The molecule has 0 unspecified atom stereocenters. The summed E-state index contributed by atoms with van der Waals surface area (Å²) < 4.78 is 23.4. The van der Waals surface area contributed by atoms with Gasteiger partial charge in [-0.3, -0.25) is 9.59 Å². The van der Waals surface area contributed by atoms with Crippen LogP contribution in [0.25, 0.3) is 0 Å². The summed E-state index contributed by atoms with van der Waals surface area (Å²) in [6.07, 6.45) is 1.33. The van der Waals surface area contributed by atoms with E-state index in [1.807, 2.05) is 0 Å². The fourth-order valence-corrected chi connectivity index (χ4v) is 2.84.